The van der Waals surface area contributed by atoms with Gasteiger partial charge in [-0.05, 0) is 70.0 Å². The molecule has 0 atom stereocenters. The predicted octanol–water partition coefficient (Wildman–Crippen LogP) is 12.5. The number of hydrogen-bond donors (Lipinski definition) is 0. The van der Waals surface area contributed by atoms with Gasteiger partial charge in [-0.15, -0.1) is 0 Å². The maximum Gasteiger partial charge on any atom is 0.494 e. The van der Waals surface area contributed by atoms with E-state index in [4.69, 9.17) is 9.31 Å². The summed E-state index contributed by atoms with van der Waals surface area (Å²) in [6.45, 7) is 13.3. The van der Waals surface area contributed by atoms with Crippen LogP contribution in [0.3, 0.4) is 0 Å². The van der Waals surface area contributed by atoms with Gasteiger partial charge in [-0.2, -0.15) is 0 Å². The van der Waals surface area contributed by atoms with Gasteiger partial charge >= 0.3 is 7.12 Å². The van der Waals surface area contributed by atoms with Crippen molar-refractivity contribution in [3.8, 4) is 0 Å². The fraction of sp³-hybridized carbons (Fsp3) is 0.850. The molecule has 1 aromatic rings. The lowest BCUT2D eigenvalue weighted by atomic mass is 9.76. The highest BCUT2D eigenvalue weighted by Crippen LogP contribution is 2.36. The van der Waals surface area contributed by atoms with E-state index in [0.29, 0.717) is 0 Å². The Balaban J connectivity index is 1.74. The predicted molar refractivity (Wildman–Crippen MR) is 192 cm³/mol. The fourth-order valence-electron chi connectivity index (χ4n) is 6.54. The molecule has 1 aliphatic rings. The molecule has 1 aromatic carbocycles. The van der Waals surface area contributed by atoms with Crippen molar-refractivity contribution in [3.05, 3.63) is 29.3 Å². The summed E-state index contributed by atoms with van der Waals surface area (Å²) in [5.41, 5.74) is 3.60. The van der Waals surface area contributed by atoms with Crippen LogP contribution < -0.4 is 5.46 Å². The van der Waals surface area contributed by atoms with E-state index in [1.54, 1.807) is 0 Å². The summed E-state index contributed by atoms with van der Waals surface area (Å²) in [5.74, 6) is 0. The normalized spacial score (nSPS) is 15.9. The van der Waals surface area contributed by atoms with Crippen molar-refractivity contribution in [2.24, 2.45) is 0 Å². The Morgan fingerprint density at radius 3 is 1.00 bits per heavy atom. The van der Waals surface area contributed by atoms with Crippen LogP contribution in [0.25, 0.3) is 0 Å². The maximum absolute atomic E-state index is 6.47. The van der Waals surface area contributed by atoms with Crippen molar-refractivity contribution >= 4 is 12.6 Å². The number of hydrogen-bond acceptors (Lipinski definition) is 2. The van der Waals surface area contributed by atoms with Crippen molar-refractivity contribution in [1.82, 2.24) is 0 Å². The van der Waals surface area contributed by atoms with E-state index in [0.717, 1.165) is 0 Å². The molecular formula is C40H73BO2. The number of benzene rings is 1. The lowest BCUT2D eigenvalue weighted by molar-refractivity contribution is 0.00578. The van der Waals surface area contributed by atoms with Gasteiger partial charge in [-0.25, -0.2) is 0 Å². The van der Waals surface area contributed by atoms with E-state index >= 15 is 0 Å². The van der Waals surface area contributed by atoms with Gasteiger partial charge < -0.3 is 9.31 Å². The molecule has 1 aliphatic heterocycles. The molecule has 1 saturated heterocycles. The van der Waals surface area contributed by atoms with Crippen molar-refractivity contribution in [2.75, 3.05) is 0 Å². The van der Waals surface area contributed by atoms with Gasteiger partial charge in [0.2, 0.25) is 0 Å². The Hall–Kier alpha value is -0.795. The number of unbranched alkanes of at least 4 members (excludes halogenated alkanes) is 22. The Morgan fingerprint density at radius 2 is 0.698 bits per heavy atom. The summed E-state index contributed by atoms with van der Waals surface area (Å²) in [7, 11) is -0.257. The van der Waals surface area contributed by atoms with Gasteiger partial charge in [0, 0.05) is 0 Å². The van der Waals surface area contributed by atoms with Crippen molar-refractivity contribution in [2.45, 2.75) is 220 Å². The third kappa shape index (κ3) is 16.4. The first-order chi connectivity index (χ1) is 20.8. The molecule has 0 bridgehead atoms. The van der Waals surface area contributed by atoms with E-state index in [1.807, 2.05) is 0 Å². The Labute approximate surface area is 270 Å². The van der Waals surface area contributed by atoms with Gasteiger partial charge in [0.15, 0.2) is 0 Å². The Morgan fingerprint density at radius 1 is 0.419 bits per heavy atom. The molecule has 0 aliphatic carbocycles. The molecule has 1 fully saturated rings. The zero-order chi connectivity index (χ0) is 31.2. The van der Waals surface area contributed by atoms with E-state index in [2.05, 4.69) is 59.7 Å². The molecule has 1 heterocycles. The molecule has 0 saturated carbocycles. The van der Waals surface area contributed by atoms with Crippen LogP contribution >= 0.6 is 0 Å². The first-order valence-electron chi connectivity index (χ1n) is 19.3. The SMILES string of the molecule is CCCCCCCCCCCCCCc1cc(CCCCCCCCCCCCCC)cc(B2OC(C)(C)C(C)(C)O2)c1. The highest BCUT2D eigenvalue weighted by atomic mass is 16.7. The minimum atomic E-state index is -0.293. The highest BCUT2D eigenvalue weighted by Gasteiger charge is 2.51. The average Bonchev–Trinajstić information content (AvgIpc) is 3.20. The first-order valence-corrected chi connectivity index (χ1v) is 19.3. The number of aryl methyl sites for hydroxylation is 2. The minimum Gasteiger partial charge on any atom is -0.399 e. The third-order valence-electron chi connectivity index (χ3n) is 10.2. The zero-order valence-corrected chi connectivity index (χ0v) is 30.0. The van der Waals surface area contributed by atoms with Crippen LogP contribution in [-0.4, -0.2) is 18.3 Å². The van der Waals surface area contributed by atoms with Crippen molar-refractivity contribution in [1.29, 1.82) is 0 Å². The fourth-order valence-corrected chi connectivity index (χ4v) is 6.54. The van der Waals surface area contributed by atoms with Crippen LogP contribution in [0.5, 0.6) is 0 Å². The van der Waals surface area contributed by atoms with Gasteiger partial charge in [-0.1, -0.05) is 173 Å². The van der Waals surface area contributed by atoms with E-state index in [-0.39, 0.29) is 18.3 Å². The molecule has 0 amide bonds. The van der Waals surface area contributed by atoms with Crippen LogP contribution in [0, 0.1) is 0 Å². The molecule has 248 valence electrons. The Kier molecular flexibility index (Phi) is 20.2. The molecule has 2 rings (SSSR count). The van der Waals surface area contributed by atoms with E-state index in [9.17, 15) is 0 Å². The quantitative estimate of drug-likeness (QED) is 0.0743. The van der Waals surface area contributed by atoms with Gasteiger partial charge in [-0.3, -0.25) is 0 Å². The van der Waals surface area contributed by atoms with Gasteiger partial charge in [0.05, 0.1) is 11.2 Å². The van der Waals surface area contributed by atoms with Crippen LogP contribution in [0.15, 0.2) is 18.2 Å². The van der Waals surface area contributed by atoms with Crippen LogP contribution in [-0.2, 0) is 22.2 Å². The molecule has 0 aromatic heterocycles. The standard InChI is InChI=1S/C40H73BO2/c1-7-9-11-13-15-17-19-21-23-25-27-29-31-36-33-37(32-30-28-26-24-22-20-18-16-14-12-10-8-2)35-38(34-36)41-42-39(3,4)40(5,6)43-41/h33-35H,7-32H2,1-6H3. The number of rotatable bonds is 27. The van der Waals surface area contributed by atoms with Crippen molar-refractivity contribution in [3.63, 3.8) is 0 Å². The molecule has 0 N–H and O–H groups in total. The maximum atomic E-state index is 6.47. The van der Waals surface area contributed by atoms with Crippen LogP contribution in [0.4, 0.5) is 0 Å². The summed E-state index contributed by atoms with van der Waals surface area (Å²) >= 11 is 0. The first kappa shape index (κ1) is 38.4. The van der Waals surface area contributed by atoms with Crippen LogP contribution in [0.1, 0.15) is 207 Å². The average molecular weight is 597 g/mol. The molecule has 2 nitrogen and oxygen atoms in total. The molecule has 0 radical (unpaired) electrons. The molecule has 43 heavy (non-hydrogen) atoms. The lowest BCUT2D eigenvalue weighted by Gasteiger charge is -2.32. The van der Waals surface area contributed by atoms with Gasteiger partial charge in [0.1, 0.15) is 0 Å². The van der Waals surface area contributed by atoms with Gasteiger partial charge in [0.25, 0.3) is 0 Å². The van der Waals surface area contributed by atoms with E-state index < -0.39 is 0 Å². The summed E-state index contributed by atoms with van der Waals surface area (Å²) in [6.07, 6.45) is 36.0. The van der Waals surface area contributed by atoms with Crippen LogP contribution in [0.2, 0.25) is 0 Å². The van der Waals surface area contributed by atoms with Crippen molar-refractivity contribution < 1.29 is 9.31 Å². The lowest BCUT2D eigenvalue weighted by Crippen LogP contribution is -2.41. The smallest absolute Gasteiger partial charge is 0.399 e. The molecule has 0 unspecified atom stereocenters. The summed E-state index contributed by atoms with van der Waals surface area (Å²) in [6, 6.07) is 7.25. The minimum absolute atomic E-state index is 0.257. The second-order valence-electron chi connectivity index (χ2n) is 14.9. The Bertz CT molecular complexity index is 754. The second kappa shape index (κ2) is 22.7. The largest absolute Gasteiger partial charge is 0.494 e. The third-order valence-corrected chi connectivity index (χ3v) is 10.2. The summed E-state index contributed by atoms with van der Waals surface area (Å²) < 4.78 is 12.9. The molecule has 0 spiro atoms. The summed E-state index contributed by atoms with van der Waals surface area (Å²) in [4.78, 5) is 0. The molecule has 3 heteroatoms. The topological polar surface area (TPSA) is 18.5 Å². The summed E-state index contributed by atoms with van der Waals surface area (Å²) in [5, 5.41) is 0. The zero-order valence-electron chi connectivity index (χ0n) is 30.0. The second-order valence-corrected chi connectivity index (χ2v) is 14.9. The monoisotopic (exact) mass is 597 g/mol. The highest BCUT2D eigenvalue weighted by molar-refractivity contribution is 6.62. The molecular weight excluding hydrogens is 523 g/mol. The van der Waals surface area contributed by atoms with E-state index in [1.165, 1.54) is 184 Å².